The van der Waals surface area contributed by atoms with Gasteiger partial charge in [0.1, 0.15) is 11.5 Å². The van der Waals surface area contributed by atoms with Crippen LogP contribution in [0.3, 0.4) is 0 Å². The first kappa shape index (κ1) is 19.5. The maximum atomic E-state index is 13.8. The van der Waals surface area contributed by atoms with Crippen LogP contribution in [0.4, 0.5) is 19.1 Å². The minimum Gasteiger partial charge on any atom is -0.348 e. The number of anilines is 1. The third-order valence-corrected chi connectivity index (χ3v) is 3.76. The molecule has 2 aromatic rings. The van der Waals surface area contributed by atoms with E-state index in [0.29, 0.717) is 12.0 Å². The smallest absolute Gasteiger partial charge is 0.270 e. The minimum atomic E-state index is -2.91. The number of alkyl halides is 2. The second-order valence-corrected chi connectivity index (χ2v) is 5.86. The van der Waals surface area contributed by atoms with Gasteiger partial charge in [0, 0.05) is 20.2 Å². The zero-order valence-corrected chi connectivity index (χ0v) is 14.5. The highest BCUT2D eigenvalue weighted by Crippen LogP contribution is 2.26. The maximum Gasteiger partial charge on any atom is 0.270 e. The van der Waals surface area contributed by atoms with Crippen LogP contribution in [0, 0.1) is 5.82 Å². The summed E-state index contributed by atoms with van der Waals surface area (Å²) in [6, 6.07) is 3.75. The lowest BCUT2D eigenvalue weighted by molar-refractivity contribution is 0.0930. The van der Waals surface area contributed by atoms with Crippen LogP contribution >= 0.6 is 0 Å². The third kappa shape index (κ3) is 4.41. The largest absolute Gasteiger partial charge is 0.348 e. The quantitative estimate of drug-likeness (QED) is 0.822. The second-order valence-electron chi connectivity index (χ2n) is 5.86. The van der Waals surface area contributed by atoms with Gasteiger partial charge in [-0.05, 0) is 18.1 Å². The molecule has 0 spiro atoms. The Morgan fingerprint density at radius 3 is 2.54 bits per heavy atom. The van der Waals surface area contributed by atoms with Crippen LogP contribution < -0.4 is 15.8 Å². The normalized spacial score (nSPS) is 12.1. The van der Waals surface area contributed by atoms with Crippen molar-refractivity contribution in [2.45, 2.75) is 25.8 Å². The number of amides is 1. The summed E-state index contributed by atoms with van der Waals surface area (Å²) in [6.07, 6.45) is -2.52. The molecule has 2 N–H and O–H groups in total. The van der Waals surface area contributed by atoms with Crippen molar-refractivity contribution >= 4 is 11.9 Å². The number of aromatic amines is 1. The molecule has 1 aromatic carbocycles. The molecule has 140 valence electrons. The molecule has 0 bridgehead atoms. The van der Waals surface area contributed by atoms with E-state index >= 15 is 0 Å². The predicted octanol–water partition coefficient (Wildman–Crippen LogP) is 2.79. The number of nitrogens with one attached hydrogen (secondary N) is 2. The van der Waals surface area contributed by atoms with Crippen LogP contribution in [0.25, 0.3) is 0 Å². The third-order valence-electron chi connectivity index (χ3n) is 3.76. The Morgan fingerprint density at radius 2 is 2.00 bits per heavy atom. The van der Waals surface area contributed by atoms with Crippen molar-refractivity contribution < 1.29 is 18.0 Å². The van der Waals surface area contributed by atoms with E-state index in [-0.39, 0.29) is 11.6 Å². The Labute approximate surface area is 148 Å². The number of carbonyl (C=O) groups is 1. The van der Waals surface area contributed by atoms with E-state index in [1.165, 1.54) is 11.0 Å². The Bertz CT molecular complexity index is 852. The number of hydrogen-bond acceptors (Lipinski definition) is 4. The molecule has 9 heteroatoms. The van der Waals surface area contributed by atoms with Crippen molar-refractivity contribution in [2.24, 2.45) is 0 Å². The van der Waals surface area contributed by atoms with Gasteiger partial charge < -0.3 is 10.2 Å². The number of H-pyrrole nitrogens is 1. The van der Waals surface area contributed by atoms with Crippen LogP contribution in [-0.4, -0.2) is 30.0 Å². The Morgan fingerprint density at radius 1 is 1.31 bits per heavy atom. The number of hydrogen-bond donors (Lipinski definition) is 2. The van der Waals surface area contributed by atoms with Crippen molar-refractivity contribution in [2.75, 3.05) is 19.0 Å². The van der Waals surface area contributed by atoms with Crippen molar-refractivity contribution in [3.8, 4) is 0 Å². The van der Waals surface area contributed by atoms with Gasteiger partial charge in [-0.25, -0.2) is 18.2 Å². The van der Waals surface area contributed by atoms with E-state index in [0.717, 1.165) is 18.2 Å². The molecule has 6 nitrogen and oxygen atoms in total. The summed E-state index contributed by atoms with van der Waals surface area (Å²) in [7, 11) is 3.31. The average molecular weight is 368 g/mol. The monoisotopic (exact) mass is 368 g/mol. The van der Waals surface area contributed by atoms with Crippen molar-refractivity contribution in [3.63, 3.8) is 0 Å². The fraction of sp³-hybridized carbons (Fsp3) is 0.353. The summed E-state index contributed by atoms with van der Waals surface area (Å²) in [5, 5.41) is 2.64. The van der Waals surface area contributed by atoms with E-state index in [4.69, 9.17) is 0 Å². The van der Waals surface area contributed by atoms with Crippen LogP contribution in [0.2, 0.25) is 0 Å². The summed E-state index contributed by atoms with van der Waals surface area (Å²) in [5.74, 6) is -1.44. The van der Waals surface area contributed by atoms with Gasteiger partial charge in [-0.15, -0.1) is 0 Å². The summed E-state index contributed by atoms with van der Waals surface area (Å²) >= 11 is 0. The molecule has 1 aromatic heterocycles. The summed E-state index contributed by atoms with van der Waals surface area (Å²) in [6.45, 7) is 1.75. The van der Waals surface area contributed by atoms with Gasteiger partial charge in [0.15, 0.2) is 0 Å². The van der Waals surface area contributed by atoms with Crippen LogP contribution in [0.15, 0.2) is 29.1 Å². The molecule has 0 aliphatic carbocycles. The first-order valence-electron chi connectivity index (χ1n) is 7.90. The fourth-order valence-electron chi connectivity index (χ4n) is 2.36. The van der Waals surface area contributed by atoms with Gasteiger partial charge in [-0.3, -0.25) is 14.6 Å². The molecular weight excluding hydrogens is 349 g/mol. The Kier molecular flexibility index (Phi) is 6.01. The van der Waals surface area contributed by atoms with Gasteiger partial charge in [-0.1, -0.05) is 19.1 Å². The van der Waals surface area contributed by atoms with Crippen molar-refractivity contribution in [3.05, 3.63) is 57.3 Å². The standard InChI is InChI=1S/C17H19F3N4O2/c1-4-12(9-5-6-10(15(19)20)11(18)7-9)21-16(26)13-8-14(25)23-17(22-13)24(2)3/h5-8,12,15H,4H2,1-3H3,(H,21,26)(H,22,23,25). The maximum absolute atomic E-state index is 13.8. The lowest BCUT2D eigenvalue weighted by Gasteiger charge is -2.18. The molecule has 0 aliphatic heterocycles. The number of rotatable bonds is 6. The van der Waals surface area contributed by atoms with Gasteiger partial charge in [-0.2, -0.15) is 0 Å². The van der Waals surface area contributed by atoms with E-state index in [1.807, 2.05) is 0 Å². The molecule has 0 saturated heterocycles. The molecule has 0 radical (unpaired) electrons. The fourth-order valence-corrected chi connectivity index (χ4v) is 2.36. The zero-order valence-electron chi connectivity index (χ0n) is 14.5. The van der Waals surface area contributed by atoms with E-state index in [1.54, 1.807) is 21.0 Å². The lowest BCUT2D eigenvalue weighted by Crippen LogP contribution is -2.31. The highest BCUT2D eigenvalue weighted by molar-refractivity contribution is 5.92. The number of nitrogens with zero attached hydrogens (tertiary/aromatic N) is 2. The summed E-state index contributed by atoms with van der Waals surface area (Å²) in [5.41, 5.74) is -0.933. The first-order valence-corrected chi connectivity index (χ1v) is 7.90. The Balaban J connectivity index is 2.26. The van der Waals surface area contributed by atoms with E-state index in [9.17, 15) is 22.8 Å². The molecule has 1 heterocycles. The van der Waals surface area contributed by atoms with Gasteiger partial charge in [0.2, 0.25) is 5.95 Å². The molecule has 2 rings (SSSR count). The van der Waals surface area contributed by atoms with E-state index < -0.39 is 35.3 Å². The predicted molar refractivity (Wildman–Crippen MR) is 91.0 cm³/mol. The molecule has 1 amide bonds. The van der Waals surface area contributed by atoms with Crippen molar-refractivity contribution in [1.82, 2.24) is 15.3 Å². The zero-order chi connectivity index (χ0) is 19.4. The molecule has 0 fully saturated rings. The van der Waals surface area contributed by atoms with E-state index in [2.05, 4.69) is 15.3 Å². The van der Waals surface area contributed by atoms with Crippen molar-refractivity contribution in [1.29, 1.82) is 0 Å². The van der Waals surface area contributed by atoms with Gasteiger partial charge in [0.25, 0.3) is 17.9 Å². The SMILES string of the molecule is CCC(NC(=O)c1cc(=O)[nH]c(N(C)C)n1)c1ccc(C(F)F)c(F)c1. The molecule has 1 atom stereocenters. The van der Waals surface area contributed by atoms with Crippen LogP contribution in [0.5, 0.6) is 0 Å². The molecular formula is C17H19F3N4O2. The Hall–Kier alpha value is -2.84. The highest BCUT2D eigenvalue weighted by Gasteiger charge is 2.20. The molecule has 0 saturated carbocycles. The minimum absolute atomic E-state index is 0.0967. The molecule has 26 heavy (non-hydrogen) atoms. The number of halogens is 3. The number of aromatic nitrogens is 2. The topological polar surface area (TPSA) is 78.1 Å². The average Bonchev–Trinajstić information content (AvgIpc) is 2.58. The van der Waals surface area contributed by atoms with Crippen LogP contribution in [0.1, 0.15) is 47.4 Å². The molecule has 1 unspecified atom stereocenters. The summed E-state index contributed by atoms with van der Waals surface area (Å²) < 4.78 is 39.1. The van der Waals surface area contributed by atoms with Gasteiger partial charge >= 0.3 is 0 Å². The number of carbonyl (C=O) groups excluding carboxylic acids is 1. The van der Waals surface area contributed by atoms with Crippen LogP contribution in [-0.2, 0) is 0 Å². The molecule has 0 aliphatic rings. The second kappa shape index (κ2) is 8.03. The summed E-state index contributed by atoms with van der Waals surface area (Å²) in [4.78, 5) is 32.2. The first-order chi connectivity index (χ1) is 12.2. The number of benzene rings is 1. The highest BCUT2D eigenvalue weighted by atomic mass is 19.3. The lowest BCUT2D eigenvalue weighted by atomic mass is 10.0. The van der Waals surface area contributed by atoms with Gasteiger partial charge in [0.05, 0.1) is 11.6 Å².